The summed E-state index contributed by atoms with van der Waals surface area (Å²) in [5.74, 6) is 0.287. The van der Waals surface area contributed by atoms with Crippen LogP contribution in [0, 0.1) is 6.92 Å². The fraction of sp³-hybridized carbons (Fsp3) is 0.312. The lowest BCUT2D eigenvalue weighted by molar-refractivity contribution is -0.139. The third-order valence-electron chi connectivity index (χ3n) is 3.68. The third-order valence-corrected chi connectivity index (χ3v) is 3.68. The zero-order valence-electron chi connectivity index (χ0n) is 12.8. The minimum atomic E-state index is -0.335. The number of carbonyl (C=O) groups excluding carboxylic acids is 1. The summed E-state index contributed by atoms with van der Waals surface area (Å²) >= 11 is 0. The number of hydrogen-bond acceptors (Lipinski definition) is 5. The average Bonchev–Trinajstić information content (AvgIpc) is 2.94. The lowest BCUT2D eigenvalue weighted by Gasteiger charge is -2.28. The molecule has 0 radical (unpaired) electrons. The number of nitrogens with one attached hydrogen (secondary N) is 1. The summed E-state index contributed by atoms with van der Waals surface area (Å²) in [6, 6.07) is 7.71. The molecule has 1 aliphatic heterocycles. The van der Waals surface area contributed by atoms with Gasteiger partial charge in [0, 0.05) is 5.70 Å². The van der Waals surface area contributed by atoms with Gasteiger partial charge >= 0.3 is 5.97 Å². The van der Waals surface area contributed by atoms with E-state index in [0.717, 1.165) is 16.8 Å². The van der Waals surface area contributed by atoms with Crippen molar-refractivity contribution in [2.75, 3.05) is 11.9 Å². The Balaban J connectivity index is 2.13. The number of aromatic nitrogens is 3. The molecule has 2 heterocycles. The highest BCUT2D eigenvalue weighted by Crippen LogP contribution is 2.35. The van der Waals surface area contributed by atoms with E-state index in [4.69, 9.17) is 4.74 Å². The molecule has 0 amide bonds. The minimum absolute atomic E-state index is 0.334. The topological polar surface area (TPSA) is 69.0 Å². The van der Waals surface area contributed by atoms with Crippen molar-refractivity contribution in [3.63, 3.8) is 0 Å². The van der Waals surface area contributed by atoms with Gasteiger partial charge in [0.05, 0.1) is 12.2 Å². The molecule has 1 N–H and O–H groups in total. The second kappa shape index (κ2) is 5.63. The van der Waals surface area contributed by atoms with Crippen LogP contribution in [0.4, 0.5) is 5.95 Å². The second-order valence-corrected chi connectivity index (χ2v) is 5.23. The Labute approximate surface area is 128 Å². The number of aryl methyl sites for hydroxylation is 1. The first-order valence-corrected chi connectivity index (χ1v) is 7.22. The highest BCUT2D eigenvalue weighted by Gasteiger charge is 2.34. The molecule has 0 unspecified atom stereocenters. The lowest BCUT2D eigenvalue weighted by atomic mass is 9.95. The Bertz CT molecular complexity index is 731. The number of carbonyl (C=O) groups is 1. The molecule has 0 aliphatic carbocycles. The first-order valence-electron chi connectivity index (χ1n) is 7.22. The fourth-order valence-corrected chi connectivity index (χ4v) is 2.62. The average molecular weight is 298 g/mol. The van der Waals surface area contributed by atoms with Crippen LogP contribution in [0.25, 0.3) is 0 Å². The van der Waals surface area contributed by atoms with Gasteiger partial charge in [0.1, 0.15) is 12.4 Å². The molecule has 0 fully saturated rings. The van der Waals surface area contributed by atoms with E-state index in [9.17, 15) is 4.79 Å². The molecule has 0 saturated heterocycles. The largest absolute Gasteiger partial charge is 0.463 e. The van der Waals surface area contributed by atoms with Crippen molar-refractivity contribution in [2.45, 2.75) is 26.8 Å². The smallest absolute Gasteiger partial charge is 0.338 e. The van der Waals surface area contributed by atoms with E-state index in [1.807, 2.05) is 38.1 Å². The number of ether oxygens (including phenoxy) is 1. The summed E-state index contributed by atoms with van der Waals surface area (Å²) in [6.45, 7) is 6.01. The van der Waals surface area contributed by atoms with E-state index >= 15 is 0 Å². The molecule has 114 valence electrons. The standard InChI is InChI=1S/C16H18N4O2/c1-4-22-15(21)13-11(3)19-16-17-9-18-20(16)14(13)12-7-5-10(2)6-8-12/h5-9,14H,4H2,1-3H3,(H,17,18,19)/t14-/m1/s1. The van der Waals surface area contributed by atoms with Crippen LogP contribution >= 0.6 is 0 Å². The van der Waals surface area contributed by atoms with Crippen molar-refractivity contribution in [2.24, 2.45) is 0 Å². The van der Waals surface area contributed by atoms with Gasteiger partial charge in [0.25, 0.3) is 0 Å². The molecule has 1 atom stereocenters. The van der Waals surface area contributed by atoms with Crippen LogP contribution in [0.5, 0.6) is 0 Å². The normalized spacial score (nSPS) is 17.0. The zero-order chi connectivity index (χ0) is 15.7. The van der Waals surface area contributed by atoms with E-state index in [2.05, 4.69) is 15.4 Å². The van der Waals surface area contributed by atoms with Crippen molar-refractivity contribution in [1.82, 2.24) is 14.8 Å². The number of hydrogen-bond donors (Lipinski definition) is 1. The first-order chi connectivity index (χ1) is 10.6. The van der Waals surface area contributed by atoms with Gasteiger partial charge in [0.15, 0.2) is 0 Å². The molecule has 1 aromatic carbocycles. The van der Waals surface area contributed by atoms with Crippen LogP contribution in [0.2, 0.25) is 0 Å². The maximum atomic E-state index is 12.4. The van der Waals surface area contributed by atoms with Crippen LogP contribution in [0.3, 0.4) is 0 Å². The molecular weight excluding hydrogens is 280 g/mol. The van der Waals surface area contributed by atoms with Gasteiger partial charge < -0.3 is 10.1 Å². The van der Waals surface area contributed by atoms with Crippen molar-refractivity contribution >= 4 is 11.9 Å². The number of benzene rings is 1. The van der Waals surface area contributed by atoms with E-state index in [0.29, 0.717) is 18.1 Å². The third kappa shape index (κ3) is 2.36. The Morgan fingerprint density at radius 2 is 2.05 bits per heavy atom. The summed E-state index contributed by atoms with van der Waals surface area (Å²) in [7, 11) is 0. The van der Waals surface area contributed by atoms with E-state index in [-0.39, 0.29) is 12.0 Å². The molecule has 0 saturated carbocycles. The Hall–Kier alpha value is -2.63. The second-order valence-electron chi connectivity index (χ2n) is 5.23. The van der Waals surface area contributed by atoms with Crippen molar-refractivity contribution < 1.29 is 9.53 Å². The van der Waals surface area contributed by atoms with Crippen molar-refractivity contribution in [1.29, 1.82) is 0 Å². The molecule has 6 nitrogen and oxygen atoms in total. The quantitative estimate of drug-likeness (QED) is 0.881. The monoisotopic (exact) mass is 298 g/mol. The summed E-state index contributed by atoms with van der Waals surface area (Å²) < 4.78 is 6.93. The lowest BCUT2D eigenvalue weighted by Crippen LogP contribution is -2.29. The van der Waals surface area contributed by atoms with Crippen molar-refractivity contribution in [3.8, 4) is 0 Å². The van der Waals surface area contributed by atoms with E-state index in [1.54, 1.807) is 11.6 Å². The minimum Gasteiger partial charge on any atom is -0.463 e. The number of allylic oxidation sites excluding steroid dienone is 1. The maximum absolute atomic E-state index is 12.4. The van der Waals surface area contributed by atoms with Gasteiger partial charge in [-0.1, -0.05) is 29.8 Å². The molecular formula is C16H18N4O2. The van der Waals surface area contributed by atoms with Gasteiger partial charge in [-0.15, -0.1) is 0 Å². The summed E-state index contributed by atoms with van der Waals surface area (Å²) in [4.78, 5) is 16.6. The zero-order valence-corrected chi connectivity index (χ0v) is 12.8. The molecule has 1 aromatic heterocycles. The van der Waals surface area contributed by atoms with Crippen LogP contribution in [-0.4, -0.2) is 27.3 Å². The van der Waals surface area contributed by atoms with Gasteiger partial charge in [-0.3, -0.25) is 0 Å². The van der Waals surface area contributed by atoms with Crippen LogP contribution in [-0.2, 0) is 9.53 Å². The predicted octanol–water partition coefficient (Wildman–Crippen LogP) is 2.44. The number of nitrogens with zero attached hydrogens (tertiary/aromatic N) is 3. The molecule has 3 rings (SSSR count). The molecule has 1 aliphatic rings. The maximum Gasteiger partial charge on any atom is 0.338 e. The van der Waals surface area contributed by atoms with Crippen molar-refractivity contribution in [3.05, 3.63) is 53.0 Å². The Morgan fingerprint density at radius 3 is 2.73 bits per heavy atom. The summed E-state index contributed by atoms with van der Waals surface area (Å²) in [5.41, 5.74) is 3.43. The molecule has 2 aromatic rings. The highest BCUT2D eigenvalue weighted by atomic mass is 16.5. The molecule has 22 heavy (non-hydrogen) atoms. The van der Waals surface area contributed by atoms with E-state index in [1.165, 1.54) is 6.33 Å². The summed E-state index contributed by atoms with van der Waals surface area (Å²) in [6.07, 6.45) is 1.48. The van der Waals surface area contributed by atoms with Gasteiger partial charge in [-0.2, -0.15) is 10.1 Å². The van der Waals surface area contributed by atoms with Crippen LogP contribution in [0.1, 0.15) is 31.0 Å². The number of anilines is 1. The number of rotatable bonds is 3. The Kier molecular flexibility index (Phi) is 3.66. The van der Waals surface area contributed by atoms with Gasteiger partial charge in [-0.25, -0.2) is 9.48 Å². The SMILES string of the molecule is CCOC(=O)C1=C(C)Nc2ncnn2[C@@H]1c1ccc(C)cc1. The van der Waals surface area contributed by atoms with Crippen LogP contribution in [0.15, 0.2) is 41.9 Å². The van der Waals surface area contributed by atoms with Gasteiger partial charge in [0.2, 0.25) is 5.95 Å². The van der Waals surface area contributed by atoms with Gasteiger partial charge in [-0.05, 0) is 26.3 Å². The first kappa shape index (κ1) is 14.3. The molecule has 6 heteroatoms. The fourth-order valence-electron chi connectivity index (χ4n) is 2.62. The number of fused-ring (bicyclic) bond motifs is 1. The predicted molar refractivity (Wildman–Crippen MR) is 82.3 cm³/mol. The van der Waals surface area contributed by atoms with E-state index < -0.39 is 0 Å². The van der Waals surface area contributed by atoms with Crippen LogP contribution < -0.4 is 5.32 Å². The molecule has 0 bridgehead atoms. The summed E-state index contributed by atoms with van der Waals surface area (Å²) in [5, 5.41) is 7.37. The molecule has 0 spiro atoms. The highest BCUT2D eigenvalue weighted by molar-refractivity contribution is 5.92. The number of esters is 1. The Morgan fingerprint density at radius 1 is 1.32 bits per heavy atom.